The molecule has 0 aliphatic rings. The van der Waals surface area contributed by atoms with Crippen LogP contribution >= 0.6 is 11.3 Å². The minimum absolute atomic E-state index is 0.143. The zero-order valence-corrected chi connectivity index (χ0v) is 14.6. The molecule has 1 heterocycles. The number of carbonyl (C=O) groups excluding carboxylic acids is 1. The van der Waals surface area contributed by atoms with Gasteiger partial charge in [0.05, 0.1) is 18.2 Å². The number of rotatable bonds is 6. The van der Waals surface area contributed by atoms with Crippen molar-refractivity contribution in [2.24, 2.45) is 5.10 Å². The molecule has 0 atom stereocenters. The maximum Gasteiger partial charge on any atom is 0.246 e. The first-order valence-electron chi connectivity index (χ1n) is 7.45. The predicted octanol–water partition coefficient (Wildman–Crippen LogP) is 3.32. The Balaban J connectivity index is 1.92. The zero-order chi connectivity index (χ0) is 16.8. The Morgan fingerprint density at radius 1 is 1.35 bits per heavy atom. The van der Waals surface area contributed by atoms with E-state index in [0.717, 1.165) is 27.7 Å². The van der Waals surface area contributed by atoms with Crippen LogP contribution < -0.4 is 10.2 Å². The summed E-state index contributed by atoms with van der Waals surface area (Å²) in [5, 5.41) is 6.86. The first-order chi connectivity index (χ1) is 10.9. The van der Waals surface area contributed by atoms with Crippen molar-refractivity contribution in [3.05, 3.63) is 45.9 Å². The highest BCUT2D eigenvalue weighted by atomic mass is 32.1. The third-order valence-electron chi connectivity index (χ3n) is 2.97. The zero-order valence-electron chi connectivity index (χ0n) is 13.8. The summed E-state index contributed by atoms with van der Waals surface area (Å²) in [6.07, 6.45) is 0.389. The fourth-order valence-electron chi connectivity index (χ4n) is 1.92. The van der Waals surface area contributed by atoms with Gasteiger partial charge in [0.15, 0.2) is 0 Å². The second-order valence-electron chi connectivity index (χ2n) is 5.48. The van der Waals surface area contributed by atoms with E-state index in [1.54, 1.807) is 0 Å². The number of carbonyl (C=O) groups is 1. The molecule has 1 aromatic heterocycles. The van der Waals surface area contributed by atoms with Crippen LogP contribution in [-0.2, 0) is 11.2 Å². The lowest BCUT2D eigenvalue weighted by Crippen LogP contribution is -2.21. The van der Waals surface area contributed by atoms with Crippen molar-refractivity contribution < 1.29 is 9.53 Å². The molecule has 2 rings (SSSR count). The number of ether oxygens (including phenoxy) is 1. The van der Waals surface area contributed by atoms with E-state index < -0.39 is 0 Å². The monoisotopic (exact) mass is 331 g/mol. The van der Waals surface area contributed by atoms with Crippen LogP contribution in [0.25, 0.3) is 0 Å². The summed E-state index contributed by atoms with van der Waals surface area (Å²) in [5.41, 5.74) is 5.18. The molecule has 6 heteroatoms. The number of aromatic nitrogens is 1. The number of hydrogen-bond donors (Lipinski definition) is 1. The highest BCUT2D eigenvalue weighted by molar-refractivity contribution is 7.09. The van der Waals surface area contributed by atoms with E-state index in [1.165, 1.54) is 11.3 Å². The van der Waals surface area contributed by atoms with Gasteiger partial charge in [0.1, 0.15) is 10.8 Å². The fraction of sp³-hybridized carbons (Fsp3) is 0.353. The Labute approximate surface area is 140 Å². The van der Waals surface area contributed by atoms with E-state index in [2.05, 4.69) is 15.5 Å². The maximum atomic E-state index is 11.9. The lowest BCUT2D eigenvalue weighted by atomic mass is 10.1. The molecule has 0 unspecified atom stereocenters. The van der Waals surface area contributed by atoms with E-state index >= 15 is 0 Å². The SMILES string of the molecule is C/C(=N/NC(=O)Cc1nc(C)cs1)c1ccc(OC(C)C)cc1. The van der Waals surface area contributed by atoms with Crippen molar-refractivity contribution in [3.8, 4) is 5.75 Å². The average molecular weight is 331 g/mol. The number of hydrazone groups is 1. The number of aryl methyl sites for hydroxylation is 1. The van der Waals surface area contributed by atoms with Crippen LogP contribution in [0.15, 0.2) is 34.7 Å². The molecular weight excluding hydrogens is 310 g/mol. The smallest absolute Gasteiger partial charge is 0.246 e. The van der Waals surface area contributed by atoms with Gasteiger partial charge < -0.3 is 4.74 Å². The van der Waals surface area contributed by atoms with E-state index in [4.69, 9.17) is 4.74 Å². The summed E-state index contributed by atoms with van der Waals surface area (Å²) < 4.78 is 5.60. The van der Waals surface area contributed by atoms with Crippen LogP contribution in [0.4, 0.5) is 0 Å². The largest absolute Gasteiger partial charge is 0.491 e. The van der Waals surface area contributed by atoms with Gasteiger partial charge in [0.2, 0.25) is 5.91 Å². The third kappa shape index (κ3) is 5.49. The molecule has 0 radical (unpaired) electrons. The second-order valence-corrected chi connectivity index (χ2v) is 6.43. The summed E-state index contributed by atoms with van der Waals surface area (Å²) >= 11 is 1.48. The van der Waals surface area contributed by atoms with Crippen molar-refractivity contribution in [3.63, 3.8) is 0 Å². The summed E-state index contributed by atoms with van der Waals surface area (Å²) in [6.45, 7) is 7.74. The van der Waals surface area contributed by atoms with Crippen molar-refractivity contribution in [1.82, 2.24) is 10.4 Å². The lowest BCUT2D eigenvalue weighted by molar-refractivity contribution is -0.120. The van der Waals surface area contributed by atoms with Crippen LogP contribution in [0.1, 0.15) is 37.0 Å². The fourth-order valence-corrected chi connectivity index (χ4v) is 2.69. The molecule has 0 saturated heterocycles. The Morgan fingerprint density at radius 3 is 2.61 bits per heavy atom. The average Bonchev–Trinajstić information content (AvgIpc) is 2.90. The normalized spacial score (nSPS) is 11.6. The van der Waals surface area contributed by atoms with Crippen molar-refractivity contribution in [2.45, 2.75) is 40.2 Å². The van der Waals surface area contributed by atoms with Crippen LogP contribution in [0.5, 0.6) is 5.75 Å². The Bertz CT molecular complexity index is 690. The molecule has 0 aliphatic carbocycles. The first kappa shape index (κ1) is 17.1. The first-order valence-corrected chi connectivity index (χ1v) is 8.33. The van der Waals surface area contributed by atoms with Crippen molar-refractivity contribution in [2.75, 3.05) is 0 Å². The van der Waals surface area contributed by atoms with Crippen molar-refractivity contribution >= 4 is 23.0 Å². The Kier molecular flexibility index (Phi) is 5.87. The van der Waals surface area contributed by atoms with E-state index in [9.17, 15) is 4.79 Å². The van der Waals surface area contributed by atoms with Gasteiger partial charge in [-0.2, -0.15) is 5.10 Å². The lowest BCUT2D eigenvalue weighted by Gasteiger charge is -2.10. The van der Waals surface area contributed by atoms with Gasteiger partial charge in [0, 0.05) is 11.1 Å². The van der Waals surface area contributed by atoms with Crippen LogP contribution in [-0.4, -0.2) is 22.7 Å². The summed E-state index contributed by atoms with van der Waals surface area (Å²) in [5.74, 6) is 0.651. The number of nitrogens with zero attached hydrogens (tertiary/aromatic N) is 2. The molecule has 0 spiro atoms. The summed E-state index contributed by atoms with van der Waals surface area (Å²) in [4.78, 5) is 16.1. The molecule has 23 heavy (non-hydrogen) atoms. The van der Waals surface area contributed by atoms with E-state index in [0.29, 0.717) is 0 Å². The molecule has 122 valence electrons. The van der Waals surface area contributed by atoms with Gasteiger partial charge in [-0.25, -0.2) is 10.4 Å². The number of nitrogens with one attached hydrogen (secondary N) is 1. The molecule has 0 bridgehead atoms. The van der Waals surface area contributed by atoms with Gasteiger partial charge in [0.25, 0.3) is 0 Å². The molecule has 0 aliphatic heterocycles. The van der Waals surface area contributed by atoms with Gasteiger partial charge in [-0.15, -0.1) is 11.3 Å². The molecule has 1 aromatic carbocycles. The van der Waals surface area contributed by atoms with Crippen LogP contribution in [0, 0.1) is 6.92 Å². The molecule has 0 saturated carbocycles. The summed E-state index contributed by atoms with van der Waals surface area (Å²) in [7, 11) is 0. The summed E-state index contributed by atoms with van der Waals surface area (Å²) in [6, 6.07) is 7.64. The minimum atomic E-state index is -0.168. The van der Waals surface area contributed by atoms with Gasteiger partial charge in [-0.3, -0.25) is 4.79 Å². The molecular formula is C17H21N3O2S. The predicted molar refractivity (Wildman–Crippen MR) is 93.1 cm³/mol. The Hall–Kier alpha value is -2.21. The van der Waals surface area contributed by atoms with Gasteiger partial charge in [-0.05, 0) is 57.5 Å². The Morgan fingerprint density at radius 2 is 2.04 bits per heavy atom. The molecule has 1 N–H and O–H groups in total. The van der Waals surface area contributed by atoms with Crippen LogP contribution in [0.2, 0.25) is 0 Å². The topological polar surface area (TPSA) is 63.6 Å². The molecule has 0 fully saturated rings. The number of benzene rings is 1. The minimum Gasteiger partial charge on any atom is -0.491 e. The quantitative estimate of drug-likeness (QED) is 0.652. The van der Waals surface area contributed by atoms with Gasteiger partial charge >= 0.3 is 0 Å². The third-order valence-corrected chi connectivity index (χ3v) is 3.94. The standard InChI is InChI=1S/C17H21N3O2S/c1-11(2)22-15-7-5-14(6-8-15)13(4)19-20-16(21)9-17-18-12(3)10-23-17/h5-8,10-11H,9H2,1-4H3,(H,20,21)/b19-13-. The highest BCUT2D eigenvalue weighted by Crippen LogP contribution is 2.14. The number of thiazole rings is 1. The van der Waals surface area contributed by atoms with Gasteiger partial charge in [-0.1, -0.05) is 0 Å². The number of amides is 1. The molecule has 2 aromatic rings. The molecule has 1 amide bonds. The van der Waals surface area contributed by atoms with Crippen LogP contribution in [0.3, 0.4) is 0 Å². The van der Waals surface area contributed by atoms with E-state index in [1.807, 2.05) is 57.3 Å². The number of hydrogen-bond acceptors (Lipinski definition) is 5. The van der Waals surface area contributed by atoms with Crippen molar-refractivity contribution in [1.29, 1.82) is 0 Å². The maximum absolute atomic E-state index is 11.9. The molecule has 5 nitrogen and oxygen atoms in total. The highest BCUT2D eigenvalue weighted by Gasteiger charge is 2.06. The van der Waals surface area contributed by atoms with E-state index in [-0.39, 0.29) is 18.4 Å². The second kappa shape index (κ2) is 7.87.